The van der Waals surface area contributed by atoms with Gasteiger partial charge in [-0.15, -0.1) is 9.79 Å². The molecule has 0 aliphatic carbocycles. The van der Waals surface area contributed by atoms with Gasteiger partial charge in [0.25, 0.3) is 0 Å². The van der Waals surface area contributed by atoms with Gasteiger partial charge in [0.15, 0.2) is 0 Å². The summed E-state index contributed by atoms with van der Waals surface area (Å²) in [6.07, 6.45) is 1.36. The molecule has 0 atom stereocenters. The molecule has 0 unspecified atom stereocenters. The van der Waals surface area contributed by atoms with Gasteiger partial charge in [-0.05, 0) is 18.3 Å². The Hall–Kier alpha value is 0.0200. The summed E-state index contributed by atoms with van der Waals surface area (Å²) >= 11 is 0. The summed E-state index contributed by atoms with van der Waals surface area (Å²) < 4.78 is 8.70. The van der Waals surface area contributed by atoms with Crippen molar-refractivity contribution >= 4 is 8.25 Å². The predicted octanol–water partition coefficient (Wildman–Crippen LogP) is 2.32. The molecule has 0 aromatic rings. The van der Waals surface area contributed by atoms with Gasteiger partial charge in [0.2, 0.25) is 0 Å². The average molecular weight is 181 g/mol. The van der Waals surface area contributed by atoms with Crippen LogP contribution in [0.25, 0.3) is 0 Å². The number of hydrogen-bond donors (Lipinski definition) is 2. The minimum Gasteiger partial charge on any atom is -0.134 e. The average Bonchev–Trinajstić information content (AvgIpc) is 1.56. The summed E-state index contributed by atoms with van der Waals surface area (Å²) in [6.45, 7) is 9.06. The molecule has 0 aliphatic rings. The summed E-state index contributed by atoms with van der Waals surface area (Å²) in [4.78, 5) is 14.2. The Morgan fingerprint density at radius 3 is 1.27 bits per heavy atom. The molecule has 68 valence electrons. The van der Waals surface area contributed by atoms with Gasteiger partial charge in [0.1, 0.15) is 0 Å². The summed E-state index contributed by atoms with van der Waals surface area (Å²) in [7, 11) is -2.87. The largest absolute Gasteiger partial charge is 0.692 e. The zero-order valence-corrected chi connectivity index (χ0v) is 8.51. The second-order valence-electron chi connectivity index (χ2n) is 3.28. The van der Waals surface area contributed by atoms with Gasteiger partial charge in [0.05, 0.1) is 0 Å². The Balaban J connectivity index is 0. The fourth-order valence-corrected chi connectivity index (χ4v) is 0.943. The van der Waals surface area contributed by atoms with E-state index in [1.165, 1.54) is 6.42 Å². The quantitative estimate of drug-likeness (QED) is 0.642. The SMILES string of the molecule is CC(C)CC(C)C.O=[P+](O)O. The highest BCUT2D eigenvalue weighted by molar-refractivity contribution is 7.30. The third kappa shape index (κ3) is 39.9. The first kappa shape index (κ1) is 13.6. The molecule has 0 aromatic carbocycles. The summed E-state index contributed by atoms with van der Waals surface area (Å²) in [5.74, 6) is 1.75. The van der Waals surface area contributed by atoms with Crippen LogP contribution in [0.15, 0.2) is 0 Å². The lowest BCUT2D eigenvalue weighted by atomic mass is 10.0. The van der Waals surface area contributed by atoms with Gasteiger partial charge in [-0.25, -0.2) is 0 Å². The Morgan fingerprint density at radius 1 is 1.09 bits per heavy atom. The van der Waals surface area contributed by atoms with E-state index in [0.29, 0.717) is 0 Å². The normalized spacial score (nSPS) is 9.45. The lowest BCUT2D eigenvalue weighted by Crippen LogP contribution is -1.93. The van der Waals surface area contributed by atoms with Crippen molar-refractivity contribution in [2.45, 2.75) is 34.1 Å². The van der Waals surface area contributed by atoms with Crippen molar-refractivity contribution in [1.29, 1.82) is 0 Å². The molecular formula is C7H18O3P+. The summed E-state index contributed by atoms with van der Waals surface area (Å²) in [5, 5.41) is 0. The monoisotopic (exact) mass is 181 g/mol. The van der Waals surface area contributed by atoms with Crippen molar-refractivity contribution in [1.82, 2.24) is 0 Å². The molecule has 0 bridgehead atoms. The van der Waals surface area contributed by atoms with Crippen molar-refractivity contribution in [3.63, 3.8) is 0 Å². The van der Waals surface area contributed by atoms with E-state index in [9.17, 15) is 0 Å². The van der Waals surface area contributed by atoms with Gasteiger partial charge in [0, 0.05) is 4.57 Å². The van der Waals surface area contributed by atoms with E-state index in [4.69, 9.17) is 14.4 Å². The minimum absolute atomic E-state index is 0.875. The van der Waals surface area contributed by atoms with Gasteiger partial charge >= 0.3 is 8.25 Å². The Bertz CT molecular complexity index is 91.9. The van der Waals surface area contributed by atoms with Gasteiger partial charge < -0.3 is 0 Å². The lowest BCUT2D eigenvalue weighted by Gasteiger charge is -2.05. The molecular weight excluding hydrogens is 163 g/mol. The third-order valence-corrected chi connectivity index (χ3v) is 0.943. The van der Waals surface area contributed by atoms with Crippen LogP contribution in [0.2, 0.25) is 0 Å². The van der Waals surface area contributed by atoms with E-state index < -0.39 is 8.25 Å². The van der Waals surface area contributed by atoms with Crippen molar-refractivity contribution in [3.8, 4) is 0 Å². The van der Waals surface area contributed by atoms with Gasteiger partial charge in [-0.2, -0.15) is 0 Å². The molecule has 0 radical (unpaired) electrons. The predicted molar refractivity (Wildman–Crippen MR) is 46.3 cm³/mol. The molecule has 0 heterocycles. The second kappa shape index (κ2) is 8.12. The highest BCUT2D eigenvalue weighted by Gasteiger charge is 1.95. The fraction of sp³-hybridized carbons (Fsp3) is 1.00. The summed E-state index contributed by atoms with van der Waals surface area (Å²) in [5.41, 5.74) is 0. The first-order valence-corrected chi connectivity index (χ1v) is 4.87. The molecule has 11 heavy (non-hydrogen) atoms. The molecule has 0 rings (SSSR count). The molecule has 0 aliphatic heterocycles. The van der Waals surface area contributed by atoms with Gasteiger partial charge in [-0.3, -0.25) is 0 Å². The van der Waals surface area contributed by atoms with Crippen LogP contribution in [0.3, 0.4) is 0 Å². The highest BCUT2D eigenvalue weighted by Crippen LogP contribution is 2.08. The maximum atomic E-state index is 8.70. The van der Waals surface area contributed by atoms with Crippen LogP contribution < -0.4 is 0 Å². The van der Waals surface area contributed by atoms with Crippen LogP contribution in [0.5, 0.6) is 0 Å². The van der Waals surface area contributed by atoms with Crippen molar-refractivity contribution in [3.05, 3.63) is 0 Å². The molecule has 0 spiro atoms. The van der Waals surface area contributed by atoms with Crippen LogP contribution in [-0.2, 0) is 4.57 Å². The molecule has 0 saturated heterocycles. The minimum atomic E-state index is -2.87. The van der Waals surface area contributed by atoms with Crippen LogP contribution >= 0.6 is 8.25 Å². The van der Waals surface area contributed by atoms with Crippen LogP contribution in [-0.4, -0.2) is 9.79 Å². The molecule has 3 nitrogen and oxygen atoms in total. The van der Waals surface area contributed by atoms with Crippen molar-refractivity contribution in [2.75, 3.05) is 0 Å². The van der Waals surface area contributed by atoms with E-state index in [-0.39, 0.29) is 0 Å². The molecule has 0 amide bonds. The van der Waals surface area contributed by atoms with Crippen molar-refractivity contribution in [2.24, 2.45) is 11.8 Å². The molecule has 4 heteroatoms. The highest BCUT2D eigenvalue weighted by atomic mass is 31.1. The third-order valence-electron chi connectivity index (χ3n) is 0.943. The first-order chi connectivity index (χ1) is 4.86. The zero-order chi connectivity index (χ0) is 9.44. The molecule has 0 saturated carbocycles. The van der Waals surface area contributed by atoms with Crippen LogP contribution in [0.4, 0.5) is 0 Å². The first-order valence-electron chi connectivity index (χ1n) is 3.71. The van der Waals surface area contributed by atoms with E-state index in [1.54, 1.807) is 0 Å². The lowest BCUT2D eigenvalue weighted by molar-refractivity contribution is 0.405. The summed E-state index contributed by atoms with van der Waals surface area (Å²) in [6, 6.07) is 0. The Kier molecular flexibility index (Phi) is 10.0. The van der Waals surface area contributed by atoms with Gasteiger partial charge in [-0.1, -0.05) is 27.7 Å². The second-order valence-corrected chi connectivity index (χ2v) is 3.78. The Morgan fingerprint density at radius 2 is 1.27 bits per heavy atom. The van der Waals surface area contributed by atoms with E-state index in [2.05, 4.69) is 27.7 Å². The smallest absolute Gasteiger partial charge is 0.134 e. The standard InChI is InChI=1S/C7H16.HO3P/c1-6(2)5-7(3)4;1-4(2)3/h6-7H,5H2,1-4H3;(H-,1,2,3)/p+1. The van der Waals surface area contributed by atoms with Crippen LogP contribution in [0, 0.1) is 11.8 Å². The van der Waals surface area contributed by atoms with E-state index in [1.807, 2.05) is 0 Å². The number of hydrogen-bond acceptors (Lipinski definition) is 1. The van der Waals surface area contributed by atoms with E-state index in [0.717, 1.165) is 11.8 Å². The molecule has 0 fully saturated rings. The fourth-order valence-electron chi connectivity index (χ4n) is 0.943. The maximum absolute atomic E-state index is 8.70. The topological polar surface area (TPSA) is 57.5 Å². The zero-order valence-electron chi connectivity index (χ0n) is 7.61. The molecule has 0 aromatic heterocycles. The Labute approximate surface area is 69.4 Å². The van der Waals surface area contributed by atoms with Crippen LogP contribution in [0.1, 0.15) is 34.1 Å². The maximum Gasteiger partial charge on any atom is 0.692 e. The van der Waals surface area contributed by atoms with Crippen molar-refractivity contribution < 1.29 is 14.4 Å². The number of rotatable bonds is 2. The molecule has 2 N–H and O–H groups in total. The van der Waals surface area contributed by atoms with E-state index >= 15 is 0 Å².